The number of Topliss-reactive ketones (excluding diaryl/α,β-unsaturated/α-hetero) is 2. The van der Waals surface area contributed by atoms with Crippen LogP contribution in [-0.2, 0) is 0 Å². The molecule has 1 heterocycles. The lowest BCUT2D eigenvalue weighted by atomic mass is 9.92. The molecule has 22 heavy (non-hydrogen) atoms. The van der Waals surface area contributed by atoms with E-state index < -0.39 is 0 Å². The number of fused-ring (bicyclic) bond motifs is 1. The topological polar surface area (TPSA) is 37.4 Å². The monoisotopic (exact) mass is 307 g/mol. The molecular weight excluding hydrogens is 294 g/mol. The average Bonchev–Trinajstić information content (AvgIpc) is 2.91. The third-order valence-electron chi connectivity index (χ3n) is 4.07. The summed E-state index contributed by atoms with van der Waals surface area (Å²) in [6, 6.07) is 17.0. The van der Waals surface area contributed by atoms with Crippen LogP contribution < -0.4 is 0 Å². The van der Waals surface area contributed by atoms with Crippen molar-refractivity contribution in [3.8, 4) is 0 Å². The molecule has 4 rings (SSSR count). The second kappa shape index (κ2) is 4.85. The molecule has 2 aromatic rings. The first kappa shape index (κ1) is 13.3. The van der Waals surface area contributed by atoms with Gasteiger partial charge in [-0.05, 0) is 5.56 Å². The summed E-state index contributed by atoms with van der Waals surface area (Å²) in [6.45, 7) is 0. The van der Waals surface area contributed by atoms with Crippen molar-refractivity contribution in [3.63, 3.8) is 0 Å². The molecule has 0 bridgehead atoms. The van der Waals surface area contributed by atoms with Gasteiger partial charge >= 0.3 is 0 Å². The quantitative estimate of drug-likeness (QED) is 0.806. The third-order valence-corrected chi connectivity index (χ3v) is 5.50. The van der Waals surface area contributed by atoms with Gasteiger partial charge in [-0.1, -0.05) is 66.4 Å². The lowest BCUT2D eigenvalue weighted by Crippen LogP contribution is -2.27. The predicted octanol–water partition coefficient (Wildman–Crippen LogP) is 3.65. The Morgan fingerprint density at radius 3 is 2.14 bits per heavy atom. The molecule has 0 saturated carbocycles. The van der Waals surface area contributed by atoms with Gasteiger partial charge in [0.25, 0.3) is 0 Å². The first-order valence-corrected chi connectivity index (χ1v) is 7.93. The van der Waals surface area contributed by atoms with Crippen molar-refractivity contribution in [1.29, 1.82) is 0 Å². The fourth-order valence-electron chi connectivity index (χ4n) is 2.99. The van der Waals surface area contributed by atoms with Gasteiger partial charge in [0.05, 0.1) is 4.91 Å². The third kappa shape index (κ3) is 1.77. The molecule has 0 N–H and O–H groups in total. The molecule has 3 nitrogen and oxygen atoms in total. The van der Waals surface area contributed by atoms with Crippen LogP contribution in [0.1, 0.15) is 31.7 Å². The Morgan fingerprint density at radius 2 is 1.45 bits per heavy atom. The number of hydrogen-bond acceptors (Lipinski definition) is 4. The summed E-state index contributed by atoms with van der Waals surface area (Å²) in [5.41, 5.74) is 2.64. The Kier molecular flexibility index (Phi) is 2.94. The Labute approximate surface area is 132 Å². The number of carbonyl (C=O) groups is 2. The molecule has 1 aliphatic heterocycles. The molecule has 108 valence electrons. The zero-order valence-electron chi connectivity index (χ0n) is 11.9. The summed E-state index contributed by atoms with van der Waals surface area (Å²) in [7, 11) is 1.88. The number of hydrogen-bond donors (Lipinski definition) is 0. The minimum absolute atomic E-state index is 0.0339. The van der Waals surface area contributed by atoms with Gasteiger partial charge in [0.2, 0.25) is 11.6 Å². The van der Waals surface area contributed by atoms with Crippen LogP contribution in [0.2, 0.25) is 0 Å². The van der Waals surface area contributed by atoms with Crippen molar-refractivity contribution < 1.29 is 9.59 Å². The van der Waals surface area contributed by atoms with Crippen molar-refractivity contribution in [3.05, 3.63) is 81.9 Å². The van der Waals surface area contributed by atoms with E-state index in [4.69, 9.17) is 0 Å². The summed E-state index contributed by atoms with van der Waals surface area (Å²) < 4.78 is 0. The van der Waals surface area contributed by atoms with E-state index in [2.05, 4.69) is 0 Å². The number of likely N-dealkylation sites (N-methyl/N-ethyl adjacent to an activating group) is 1. The van der Waals surface area contributed by atoms with E-state index in [0.29, 0.717) is 21.7 Å². The number of rotatable bonds is 1. The number of nitrogens with zero attached hydrogens (tertiary/aromatic N) is 1. The maximum Gasteiger partial charge on any atom is 0.211 e. The van der Waals surface area contributed by atoms with E-state index in [1.165, 1.54) is 11.8 Å². The number of thioether (sulfide) groups is 1. The summed E-state index contributed by atoms with van der Waals surface area (Å²) in [5, 5.41) is -0.0339. The fraction of sp³-hybridized carbons (Fsp3) is 0.111. The Bertz CT molecular complexity index is 826. The van der Waals surface area contributed by atoms with Crippen LogP contribution in [-0.4, -0.2) is 23.5 Å². The second-order valence-electron chi connectivity index (χ2n) is 5.37. The Hall–Kier alpha value is -2.33. The zero-order valence-corrected chi connectivity index (χ0v) is 12.8. The molecule has 2 aromatic carbocycles. The van der Waals surface area contributed by atoms with Gasteiger partial charge in [-0.15, -0.1) is 0 Å². The maximum atomic E-state index is 12.8. The van der Waals surface area contributed by atoms with Gasteiger partial charge in [0.1, 0.15) is 11.1 Å². The summed E-state index contributed by atoms with van der Waals surface area (Å²) >= 11 is 1.47. The molecule has 0 radical (unpaired) electrons. The lowest BCUT2D eigenvalue weighted by Gasteiger charge is -2.24. The molecule has 0 spiro atoms. The van der Waals surface area contributed by atoms with E-state index in [0.717, 1.165) is 5.56 Å². The van der Waals surface area contributed by atoms with E-state index in [9.17, 15) is 9.59 Å². The van der Waals surface area contributed by atoms with Gasteiger partial charge in [-0.3, -0.25) is 9.59 Å². The van der Waals surface area contributed by atoms with Crippen molar-refractivity contribution in [1.82, 2.24) is 4.90 Å². The number of allylic oxidation sites excluding steroid dienone is 2. The van der Waals surface area contributed by atoms with Gasteiger partial charge in [0, 0.05) is 18.2 Å². The van der Waals surface area contributed by atoms with Crippen LogP contribution in [0.5, 0.6) is 0 Å². The number of carbonyl (C=O) groups excluding carboxylic acids is 2. The van der Waals surface area contributed by atoms with E-state index in [-0.39, 0.29) is 16.9 Å². The molecule has 0 saturated heterocycles. The lowest BCUT2D eigenvalue weighted by molar-refractivity contribution is 0.0957. The van der Waals surface area contributed by atoms with Crippen molar-refractivity contribution in [2.45, 2.75) is 5.37 Å². The highest BCUT2D eigenvalue weighted by atomic mass is 32.2. The molecule has 0 amide bonds. The Balaban J connectivity index is 1.80. The van der Waals surface area contributed by atoms with E-state index >= 15 is 0 Å². The molecule has 2 aliphatic rings. The minimum atomic E-state index is -0.0568. The van der Waals surface area contributed by atoms with Crippen LogP contribution >= 0.6 is 11.8 Å². The smallest absolute Gasteiger partial charge is 0.211 e. The molecule has 1 unspecified atom stereocenters. The number of ketones is 2. The predicted molar refractivity (Wildman–Crippen MR) is 86.7 cm³/mol. The first-order chi connectivity index (χ1) is 10.7. The summed E-state index contributed by atoms with van der Waals surface area (Å²) in [6.07, 6.45) is 0. The minimum Gasteiger partial charge on any atom is -0.354 e. The van der Waals surface area contributed by atoms with Crippen LogP contribution in [0.25, 0.3) is 0 Å². The highest BCUT2D eigenvalue weighted by molar-refractivity contribution is 8.04. The van der Waals surface area contributed by atoms with Crippen molar-refractivity contribution in [2.24, 2.45) is 0 Å². The zero-order chi connectivity index (χ0) is 15.3. The van der Waals surface area contributed by atoms with Gasteiger partial charge < -0.3 is 4.90 Å². The number of benzene rings is 2. The maximum absolute atomic E-state index is 12.8. The van der Waals surface area contributed by atoms with E-state index in [1.807, 2.05) is 42.3 Å². The summed E-state index contributed by atoms with van der Waals surface area (Å²) in [4.78, 5) is 28.0. The molecule has 0 aromatic heterocycles. The highest BCUT2D eigenvalue weighted by Crippen LogP contribution is 2.50. The molecule has 4 heteroatoms. The highest BCUT2D eigenvalue weighted by Gasteiger charge is 2.42. The molecular formula is C18H13NO2S. The second-order valence-corrected chi connectivity index (χ2v) is 6.46. The van der Waals surface area contributed by atoms with Crippen LogP contribution in [0, 0.1) is 0 Å². The van der Waals surface area contributed by atoms with Gasteiger partial charge in [-0.25, -0.2) is 0 Å². The van der Waals surface area contributed by atoms with Gasteiger partial charge in [-0.2, -0.15) is 0 Å². The van der Waals surface area contributed by atoms with Gasteiger partial charge in [0.15, 0.2) is 0 Å². The Morgan fingerprint density at radius 1 is 0.864 bits per heavy atom. The van der Waals surface area contributed by atoms with Crippen LogP contribution in [0.15, 0.2) is 65.2 Å². The van der Waals surface area contributed by atoms with Crippen LogP contribution in [0.3, 0.4) is 0 Å². The van der Waals surface area contributed by atoms with Crippen molar-refractivity contribution >= 4 is 23.3 Å². The molecule has 0 fully saturated rings. The largest absolute Gasteiger partial charge is 0.354 e. The first-order valence-electron chi connectivity index (χ1n) is 7.05. The fourth-order valence-corrected chi connectivity index (χ4v) is 4.33. The SMILES string of the molecule is CN1C2=C(SC1c1ccccc1)C(=O)c1ccccc1C2=O. The standard InChI is InChI=1S/C18H13NO2S/c1-19-14-15(20)12-9-5-6-10-13(12)16(21)17(14)22-18(19)11-7-3-2-4-8-11/h2-10,18H,1H3. The average molecular weight is 307 g/mol. The normalized spacial score (nSPS) is 20.2. The molecule has 1 aliphatic carbocycles. The van der Waals surface area contributed by atoms with Crippen molar-refractivity contribution in [2.75, 3.05) is 7.05 Å². The van der Waals surface area contributed by atoms with Crippen LogP contribution in [0.4, 0.5) is 0 Å². The summed E-state index contributed by atoms with van der Waals surface area (Å²) in [5.74, 6) is -0.0980. The van der Waals surface area contributed by atoms with E-state index in [1.54, 1.807) is 24.3 Å². The molecule has 1 atom stereocenters.